The number of para-hydroxylation sites is 1. The van der Waals surface area contributed by atoms with Crippen LogP contribution in [0.1, 0.15) is 5.56 Å². The van der Waals surface area contributed by atoms with Crippen LogP contribution in [0.4, 0.5) is 20.3 Å². The second kappa shape index (κ2) is 5.51. The highest BCUT2D eigenvalue weighted by Gasteiger charge is 2.18. The summed E-state index contributed by atoms with van der Waals surface area (Å²) < 4.78 is 30.0. The highest BCUT2D eigenvalue weighted by molar-refractivity contribution is 5.51. The summed E-state index contributed by atoms with van der Waals surface area (Å²) in [5, 5.41) is 14.4. The third-order valence-electron chi connectivity index (χ3n) is 2.57. The Labute approximate surface area is 111 Å². The highest BCUT2D eigenvalue weighted by atomic mass is 19.3. The molecule has 2 N–H and O–H groups in total. The van der Waals surface area contributed by atoms with E-state index in [0.29, 0.717) is 5.56 Å². The van der Waals surface area contributed by atoms with E-state index >= 15 is 0 Å². The van der Waals surface area contributed by atoms with E-state index in [-0.39, 0.29) is 23.8 Å². The fraction of sp³-hybridized carbons (Fsp3) is 0.182. The van der Waals surface area contributed by atoms with Crippen LogP contribution in [0.3, 0.4) is 0 Å². The van der Waals surface area contributed by atoms with Crippen LogP contribution < -0.4 is 10.5 Å². The van der Waals surface area contributed by atoms with Gasteiger partial charge in [-0.3, -0.25) is 10.1 Å². The summed E-state index contributed by atoms with van der Waals surface area (Å²) in [5.41, 5.74) is 5.62. The number of halogens is 2. The average Bonchev–Trinajstić information content (AvgIpc) is 2.73. The van der Waals surface area contributed by atoms with Crippen molar-refractivity contribution in [3.63, 3.8) is 0 Å². The quantitative estimate of drug-likeness (QED) is 0.669. The number of alkyl halides is 2. The maximum absolute atomic E-state index is 12.3. The molecule has 0 atom stereocenters. The van der Waals surface area contributed by atoms with Crippen molar-refractivity contribution in [1.82, 2.24) is 9.78 Å². The number of nitro groups is 1. The molecule has 0 amide bonds. The molecule has 0 saturated heterocycles. The Balaban J connectivity index is 2.28. The van der Waals surface area contributed by atoms with Crippen LogP contribution in [-0.4, -0.2) is 21.3 Å². The summed E-state index contributed by atoms with van der Waals surface area (Å²) in [4.78, 5) is 9.98. The number of nitrogen functional groups attached to an aromatic ring is 1. The van der Waals surface area contributed by atoms with Gasteiger partial charge in [-0.05, 0) is 6.07 Å². The number of ether oxygens (including phenoxy) is 1. The minimum atomic E-state index is -2.96. The number of hydrogen-bond donors (Lipinski definition) is 1. The first kappa shape index (κ1) is 13.7. The smallest absolute Gasteiger partial charge is 0.387 e. The largest absolute Gasteiger partial charge is 0.434 e. The fourth-order valence-electron chi connectivity index (χ4n) is 1.66. The first-order valence-corrected chi connectivity index (χ1v) is 5.47. The first-order chi connectivity index (χ1) is 9.49. The van der Waals surface area contributed by atoms with E-state index in [1.54, 1.807) is 12.1 Å². The van der Waals surface area contributed by atoms with Crippen LogP contribution in [0.25, 0.3) is 0 Å². The molecule has 0 aliphatic rings. The van der Waals surface area contributed by atoms with Crippen LogP contribution in [0.5, 0.6) is 5.75 Å². The monoisotopic (exact) mass is 284 g/mol. The molecule has 0 aliphatic heterocycles. The Kier molecular flexibility index (Phi) is 3.78. The van der Waals surface area contributed by atoms with Gasteiger partial charge in [0.2, 0.25) is 5.82 Å². The molecule has 0 fully saturated rings. The Hall–Kier alpha value is -2.71. The maximum atomic E-state index is 12.3. The Morgan fingerprint density at radius 3 is 2.75 bits per heavy atom. The lowest BCUT2D eigenvalue weighted by Gasteiger charge is -2.10. The molecule has 1 aromatic heterocycles. The molecule has 7 nitrogen and oxygen atoms in total. The molecule has 106 valence electrons. The standard InChI is InChI=1S/C11H10F2N4O3/c12-11(13)20-9-4-2-1-3-7(9)6-16-10(14)8(5-15-16)17(18)19/h1-5,11H,6,14H2. The number of nitrogens with zero attached hydrogens (tertiary/aromatic N) is 3. The zero-order chi connectivity index (χ0) is 14.7. The van der Waals surface area contributed by atoms with E-state index in [9.17, 15) is 18.9 Å². The first-order valence-electron chi connectivity index (χ1n) is 5.47. The van der Waals surface area contributed by atoms with Crippen molar-refractivity contribution in [3.8, 4) is 5.75 Å². The summed E-state index contributed by atoms with van der Waals surface area (Å²) in [6.45, 7) is -2.97. The van der Waals surface area contributed by atoms with Crippen LogP contribution in [0.2, 0.25) is 0 Å². The molecule has 1 heterocycles. The number of hydrogen-bond acceptors (Lipinski definition) is 5. The van der Waals surface area contributed by atoms with Gasteiger partial charge in [0.05, 0.1) is 11.5 Å². The number of rotatable bonds is 5. The second-order valence-electron chi connectivity index (χ2n) is 3.82. The maximum Gasteiger partial charge on any atom is 0.387 e. The van der Waals surface area contributed by atoms with E-state index in [0.717, 1.165) is 10.9 Å². The van der Waals surface area contributed by atoms with E-state index in [4.69, 9.17) is 5.73 Å². The second-order valence-corrected chi connectivity index (χ2v) is 3.82. The molecule has 0 saturated carbocycles. The van der Waals surface area contributed by atoms with Crippen molar-refractivity contribution in [2.75, 3.05) is 5.73 Å². The zero-order valence-corrected chi connectivity index (χ0v) is 10.1. The molecule has 9 heteroatoms. The zero-order valence-electron chi connectivity index (χ0n) is 10.1. The molecule has 20 heavy (non-hydrogen) atoms. The summed E-state index contributed by atoms with van der Waals surface area (Å²) in [5.74, 6) is -0.179. The SMILES string of the molecule is Nc1c([N+](=O)[O-])cnn1Cc1ccccc1OC(F)F. The summed E-state index contributed by atoms with van der Waals surface area (Å²) in [6, 6.07) is 6.08. The van der Waals surface area contributed by atoms with Crippen LogP contribution in [0.15, 0.2) is 30.5 Å². The van der Waals surface area contributed by atoms with Crippen molar-refractivity contribution in [1.29, 1.82) is 0 Å². The highest BCUT2D eigenvalue weighted by Crippen LogP contribution is 2.25. The molecule has 0 radical (unpaired) electrons. The van der Waals surface area contributed by atoms with E-state index < -0.39 is 11.5 Å². The fourth-order valence-corrected chi connectivity index (χ4v) is 1.66. The average molecular weight is 284 g/mol. The molecule has 0 bridgehead atoms. The topological polar surface area (TPSA) is 96.2 Å². The molecule has 0 spiro atoms. The van der Waals surface area contributed by atoms with Gasteiger partial charge in [-0.25, -0.2) is 4.68 Å². The minimum absolute atomic E-state index is 0.0113. The van der Waals surface area contributed by atoms with Crippen molar-refractivity contribution in [3.05, 3.63) is 46.1 Å². The normalized spacial score (nSPS) is 10.8. The molecular weight excluding hydrogens is 274 g/mol. The predicted octanol–water partition coefficient (Wildman–Crippen LogP) is 2.02. The van der Waals surface area contributed by atoms with Crippen molar-refractivity contribution >= 4 is 11.5 Å². The van der Waals surface area contributed by atoms with E-state index in [2.05, 4.69) is 9.84 Å². The van der Waals surface area contributed by atoms with Crippen molar-refractivity contribution in [2.45, 2.75) is 13.2 Å². The minimum Gasteiger partial charge on any atom is -0.434 e. The van der Waals surface area contributed by atoms with Gasteiger partial charge in [0.15, 0.2) is 0 Å². The van der Waals surface area contributed by atoms with Gasteiger partial charge in [-0.2, -0.15) is 13.9 Å². The van der Waals surface area contributed by atoms with Gasteiger partial charge in [0.25, 0.3) is 0 Å². The molecule has 2 rings (SSSR count). The summed E-state index contributed by atoms with van der Waals surface area (Å²) in [7, 11) is 0. The van der Waals surface area contributed by atoms with E-state index in [1.165, 1.54) is 12.1 Å². The molecule has 0 aliphatic carbocycles. The van der Waals surface area contributed by atoms with Crippen molar-refractivity contribution < 1.29 is 18.4 Å². The number of nitrogens with two attached hydrogens (primary N) is 1. The lowest BCUT2D eigenvalue weighted by atomic mass is 10.2. The van der Waals surface area contributed by atoms with Gasteiger partial charge in [0.1, 0.15) is 11.9 Å². The molecule has 1 aromatic carbocycles. The lowest BCUT2D eigenvalue weighted by molar-refractivity contribution is -0.384. The van der Waals surface area contributed by atoms with E-state index in [1.807, 2.05) is 0 Å². The van der Waals surface area contributed by atoms with Crippen LogP contribution in [-0.2, 0) is 6.54 Å². The summed E-state index contributed by atoms with van der Waals surface area (Å²) in [6.07, 6.45) is 1.01. The van der Waals surface area contributed by atoms with Gasteiger partial charge in [0, 0.05) is 5.56 Å². The van der Waals surface area contributed by atoms with Gasteiger partial charge >= 0.3 is 12.3 Å². The van der Waals surface area contributed by atoms with Crippen molar-refractivity contribution in [2.24, 2.45) is 0 Å². The molecule has 2 aromatic rings. The van der Waals surface area contributed by atoms with Crippen LogP contribution in [0, 0.1) is 10.1 Å². The van der Waals surface area contributed by atoms with Gasteiger partial charge in [-0.15, -0.1) is 0 Å². The molecule has 0 unspecified atom stereocenters. The Bertz CT molecular complexity index is 630. The van der Waals surface area contributed by atoms with Gasteiger partial charge < -0.3 is 10.5 Å². The number of aromatic nitrogens is 2. The van der Waals surface area contributed by atoms with Gasteiger partial charge in [-0.1, -0.05) is 18.2 Å². The Morgan fingerprint density at radius 2 is 2.15 bits per heavy atom. The summed E-state index contributed by atoms with van der Waals surface area (Å²) >= 11 is 0. The third-order valence-corrected chi connectivity index (χ3v) is 2.57. The lowest BCUT2D eigenvalue weighted by Crippen LogP contribution is -2.10. The van der Waals surface area contributed by atoms with Crippen LogP contribution >= 0.6 is 0 Å². The number of benzene rings is 1. The Morgan fingerprint density at radius 1 is 1.45 bits per heavy atom. The third kappa shape index (κ3) is 2.82. The molecular formula is C11H10F2N4O3. The number of anilines is 1. The predicted molar refractivity (Wildman–Crippen MR) is 65.5 cm³/mol.